The molecule has 2 N–H and O–H groups in total. The third-order valence-electron chi connectivity index (χ3n) is 2.48. The molecule has 0 radical (unpaired) electrons. The molecule has 0 saturated heterocycles. The van der Waals surface area contributed by atoms with E-state index in [0.717, 1.165) is 35.7 Å². The molecule has 0 amide bonds. The van der Waals surface area contributed by atoms with Crippen LogP contribution >= 0.6 is 11.3 Å². The molecule has 0 bridgehead atoms. The number of rotatable bonds is 5. The first-order valence-corrected chi connectivity index (χ1v) is 6.31. The lowest BCUT2D eigenvalue weighted by atomic mass is 10.1. The smallest absolute Gasteiger partial charge is 0.103 e. The molecule has 16 heavy (non-hydrogen) atoms. The van der Waals surface area contributed by atoms with Crippen molar-refractivity contribution >= 4 is 11.3 Å². The maximum absolute atomic E-state index is 6.05. The Morgan fingerprint density at radius 2 is 2.44 bits per heavy atom. The van der Waals surface area contributed by atoms with Crippen LogP contribution in [-0.4, -0.2) is 11.0 Å². The second-order valence-electron chi connectivity index (χ2n) is 3.94. The summed E-state index contributed by atoms with van der Waals surface area (Å²) >= 11 is 1.68. The standard InChI is InChI=1S/C12H16N2OS/c1-9-14-11(8-16-9)7-10(13)4-5-12-3-2-6-15-12/h2-3,6,8,10H,4-5,7,13H2,1H3. The van der Waals surface area contributed by atoms with Gasteiger partial charge in [0, 0.05) is 24.3 Å². The Bertz CT molecular complexity index is 422. The van der Waals surface area contributed by atoms with Crippen LogP contribution in [0, 0.1) is 6.92 Å². The first-order valence-electron chi connectivity index (χ1n) is 5.43. The summed E-state index contributed by atoms with van der Waals surface area (Å²) in [5.74, 6) is 1.00. The van der Waals surface area contributed by atoms with Crippen molar-refractivity contribution in [3.8, 4) is 0 Å². The van der Waals surface area contributed by atoms with Crippen LogP contribution in [0.4, 0.5) is 0 Å². The Balaban J connectivity index is 1.78. The molecule has 0 fully saturated rings. The molecule has 0 aliphatic carbocycles. The summed E-state index contributed by atoms with van der Waals surface area (Å²) in [6, 6.07) is 4.05. The van der Waals surface area contributed by atoms with E-state index in [1.807, 2.05) is 19.1 Å². The third-order valence-corrected chi connectivity index (χ3v) is 3.30. The minimum Gasteiger partial charge on any atom is -0.469 e. The van der Waals surface area contributed by atoms with E-state index < -0.39 is 0 Å². The van der Waals surface area contributed by atoms with E-state index in [9.17, 15) is 0 Å². The average Bonchev–Trinajstić information content (AvgIpc) is 2.87. The summed E-state index contributed by atoms with van der Waals surface area (Å²) in [5, 5.41) is 3.19. The third kappa shape index (κ3) is 3.18. The summed E-state index contributed by atoms with van der Waals surface area (Å²) in [6.45, 7) is 2.02. The lowest BCUT2D eigenvalue weighted by Crippen LogP contribution is -2.23. The van der Waals surface area contributed by atoms with Crippen molar-refractivity contribution in [1.29, 1.82) is 0 Å². The van der Waals surface area contributed by atoms with Crippen LogP contribution in [0.25, 0.3) is 0 Å². The monoisotopic (exact) mass is 236 g/mol. The Kier molecular flexibility index (Phi) is 3.74. The van der Waals surface area contributed by atoms with Crippen molar-refractivity contribution in [2.75, 3.05) is 0 Å². The van der Waals surface area contributed by atoms with E-state index in [-0.39, 0.29) is 6.04 Å². The van der Waals surface area contributed by atoms with E-state index in [0.29, 0.717) is 0 Å². The Labute approximate surface area is 99.3 Å². The first kappa shape index (κ1) is 11.4. The molecule has 2 rings (SSSR count). The highest BCUT2D eigenvalue weighted by Crippen LogP contribution is 2.12. The molecule has 2 aromatic heterocycles. The van der Waals surface area contributed by atoms with Gasteiger partial charge in [-0.25, -0.2) is 4.98 Å². The van der Waals surface area contributed by atoms with Gasteiger partial charge in [0.2, 0.25) is 0 Å². The fourth-order valence-electron chi connectivity index (χ4n) is 1.66. The Morgan fingerprint density at radius 3 is 3.06 bits per heavy atom. The predicted octanol–water partition coefficient (Wildman–Crippen LogP) is 2.55. The fourth-order valence-corrected chi connectivity index (χ4v) is 2.28. The molecule has 3 nitrogen and oxygen atoms in total. The molecule has 0 spiro atoms. The lowest BCUT2D eigenvalue weighted by molar-refractivity contribution is 0.483. The SMILES string of the molecule is Cc1nc(CC(N)CCc2ccco2)cs1. The van der Waals surface area contributed by atoms with Gasteiger partial charge in [0.1, 0.15) is 5.76 Å². The Hall–Kier alpha value is -1.13. The van der Waals surface area contributed by atoms with E-state index in [4.69, 9.17) is 10.2 Å². The van der Waals surface area contributed by atoms with Crippen molar-refractivity contribution in [3.05, 3.63) is 40.2 Å². The van der Waals surface area contributed by atoms with Crippen LogP contribution in [0.1, 0.15) is 22.9 Å². The molecule has 2 aromatic rings. The zero-order valence-corrected chi connectivity index (χ0v) is 10.2. The largest absolute Gasteiger partial charge is 0.469 e. The highest BCUT2D eigenvalue weighted by Gasteiger charge is 2.07. The second kappa shape index (κ2) is 5.27. The molecule has 1 atom stereocenters. The number of hydrogen-bond acceptors (Lipinski definition) is 4. The van der Waals surface area contributed by atoms with Crippen molar-refractivity contribution < 1.29 is 4.42 Å². The summed E-state index contributed by atoms with van der Waals surface area (Å²) in [4.78, 5) is 4.41. The number of furan rings is 1. The number of aromatic nitrogens is 1. The summed E-state index contributed by atoms with van der Waals surface area (Å²) in [7, 11) is 0. The molecule has 0 aromatic carbocycles. The van der Waals surface area contributed by atoms with E-state index in [1.54, 1.807) is 17.6 Å². The first-order chi connectivity index (χ1) is 7.74. The fraction of sp³-hybridized carbons (Fsp3) is 0.417. The van der Waals surface area contributed by atoms with E-state index in [1.165, 1.54) is 0 Å². The van der Waals surface area contributed by atoms with Gasteiger partial charge >= 0.3 is 0 Å². The van der Waals surface area contributed by atoms with Gasteiger partial charge in [-0.05, 0) is 25.5 Å². The number of nitrogens with zero attached hydrogens (tertiary/aromatic N) is 1. The second-order valence-corrected chi connectivity index (χ2v) is 5.00. The topological polar surface area (TPSA) is 52.0 Å². The van der Waals surface area contributed by atoms with Gasteiger partial charge in [-0.1, -0.05) is 0 Å². The van der Waals surface area contributed by atoms with Crippen LogP contribution in [0.15, 0.2) is 28.2 Å². The summed E-state index contributed by atoms with van der Waals surface area (Å²) in [6.07, 6.45) is 4.39. The molecule has 86 valence electrons. The van der Waals surface area contributed by atoms with Gasteiger partial charge in [-0.3, -0.25) is 0 Å². The van der Waals surface area contributed by atoms with Crippen LogP contribution in [0.3, 0.4) is 0 Å². The van der Waals surface area contributed by atoms with Crippen molar-refractivity contribution in [2.24, 2.45) is 5.73 Å². The number of nitrogens with two attached hydrogens (primary N) is 1. The molecule has 0 aliphatic rings. The van der Waals surface area contributed by atoms with Gasteiger partial charge in [0.25, 0.3) is 0 Å². The average molecular weight is 236 g/mol. The van der Waals surface area contributed by atoms with Gasteiger partial charge in [0.15, 0.2) is 0 Å². The van der Waals surface area contributed by atoms with Crippen LogP contribution in [-0.2, 0) is 12.8 Å². The lowest BCUT2D eigenvalue weighted by Gasteiger charge is -2.08. The van der Waals surface area contributed by atoms with Gasteiger partial charge in [-0.15, -0.1) is 11.3 Å². The highest BCUT2D eigenvalue weighted by atomic mass is 32.1. The minimum atomic E-state index is 0.159. The number of hydrogen-bond donors (Lipinski definition) is 1. The number of aryl methyl sites for hydroxylation is 2. The molecule has 0 saturated carbocycles. The van der Waals surface area contributed by atoms with Gasteiger partial charge < -0.3 is 10.2 Å². The van der Waals surface area contributed by atoms with Crippen LogP contribution < -0.4 is 5.73 Å². The zero-order valence-electron chi connectivity index (χ0n) is 9.35. The molecular weight excluding hydrogens is 220 g/mol. The van der Waals surface area contributed by atoms with Gasteiger partial charge in [0.05, 0.1) is 17.0 Å². The van der Waals surface area contributed by atoms with Crippen molar-refractivity contribution in [3.63, 3.8) is 0 Å². The molecular formula is C12H16N2OS. The minimum absolute atomic E-state index is 0.159. The number of thiazole rings is 1. The van der Waals surface area contributed by atoms with E-state index >= 15 is 0 Å². The highest BCUT2D eigenvalue weighted by molar-refractivity contribution is 7.09. The van der Waals surface area contributed by atoms with Crippen LogP contribution in [0.2, 0.25) is 0 Å². The molecule has 4 heteroatoms. The molecule has 1 unspecified atom stereocenters. The summed E-state index contributed by atoms with van der Waals surface area (Å²) in [5.41, 5.74) is 7.16. The zero-order chi connectivity index (χ0) is 11.4. The van der Waals surface area contributed by atoms with Crippen molar-refractivity contribution in [2.45, 2.75) is 32.2 Å². The maximum Gasteiger partial charge on any atom is 0.103 e. The molecule has 0 aliphatic heterocycles. The summed E-state index contributed by atoms with van der Waals surface area (Å²) < 4.78 is 5.27. The molecule has 2 heterocycles. The Morgan fingerprint density at radius 1 is 1.56 bits per heavy atom. The maximum atomic E-state index is 6.05. The van der Waals surface area contributed by atoms with E-state index in [2.05, 4.69) is 10.4 Å². The van der Waals surface area contributed by atoms with Crippen molar-refractivity contribution in [1.82, 2.24) is 4.98 Å². The van der Waals surface area contributed by atoms with Crippen LogP contribution in [0.5, 0.6) is 0 Å². The quantitative estimate of drug-likeness (QED) is 0.868. The predicted molar refractivity (Wildman–Crippen MR) is 65.6 cm³/mol. The normalized spacial score (nSPS) is 12.9. The van der Waals surface area contributed by atoms with Gasteiger partial charge in [-0.2, -0.15) is 0 Å².